The number of fused-ring (bicyclic) bond motifs is 1. The fourth-order valence-electron chi connectivity index (χ4n) is 3.27. The molecule has 0 saturated carbocycles. The normalized spacial score (nSPS) is 25.2. The van der Waals surface area contributed by atoms with E-state index in [0.29, 0.717) is 17.8 Å². The number of thioether (sulfide) groups is 1. The van der Waals surface area contributed by atoms with Gasteiger partial charge in [-0.25, -0.2) is 0 Å². The largest absolute Gasteiger partial charge is 0.378 e. The third-order valence-corrected chi connectivity index (χ3v) is 5.53. The highest BCUT2D eigenvalue weighted by Crippen LogP contribution is 2.47. The number of carbonyl (C=O) groups excluding carboxylic acids is 2. The fraction of sp³-hybridized carbons (Fsp3) is 0.167. The maximum atomic E-state index is 13.1. The minimum absolute atomic E-state index is 0.0650. The van der Waals surface area contributed by atoms with Gasteiger partial charge in [-0.3, -0.25) is 9.59 Å². The van der Waals surface area contributed by atoms with E-state index in [0.717, 1.165) is 17.3 Å². The zero-order valence-electron chi connectivity index (χ0n) is 13.1. The van der Waals surface area contributed by atoms with E-state index >= 15 is 0 Å². The van der Waals surface area contributed by atoms with Crippen molar-refractivity contribution in [1.29, 1.82) is 0 Å². The van der Waals surface area contributed by atoms with Crippen LogP contribution in [0, 0.1) is 0 Å². The first-order chi connectivity index (χ1) is 12.0. The zero-order chi connectivity index (χ0) is 17.6. The van der Waals surface area contributed by atoms with E-state index in [-0.39, 0.29) is 5.17 Å². The Morgan fingerprint density at radius 1 is 1.12 bits per heavy atom. The van der Waals surface area contributed by atoms with Gasteiger partial charge in [-0.2, -0.15) is 4.99 Å². The lowest BCUT2D eigenvalue weighted by molar-refractivity contribution is -0.140. The zero-order valence-corrected chi connectivity index (χ0v) is 13.9. The van der Waals surface area contributed by atoms with Crippen molar-refractivity contribution in [2.75, 3.05) is 4.90 Å². The molecule has 2 aromatic rings. The molecule has 25 heavy (non-hydrogen) atoms. The fourth-order valence-corrected chi connectivity index (χ4v) is 4.20. The highest BCUT2D eigenvalue weighted by molar-refractivity contribution is 8.15. The number of nitrogens with two attached hydrogens (primary N) is 1. The number of hydrogen-bond acceptors (Lipinski definition) is 5. The number of benzene rings is 2. The number of anilines is 1. The number of aliphatic imine (C=N–C) groups is 1. The lowest BCUT2D eigenvalue weighted by Crippen LogP contribution is -2.49. The molecule has 3 N–H and O–H groups in total. The summed E-state index contributed by atoms with van der Waals surface area (Å²) in [7, 11) is 0. The smallest absolute Gasteiger partial charge is 0.265 e. The van der Waals surface area contributed by atoms with Crippen LogP contribution in [0.5, 0.6) is 0 Å². The third kappa shape index (κ3) is 2.35. The molecule has 2 heterocycles. The number of aliphatic hydroxyl groups is 1. The first kappa shape index (κ1) is 15.9. The minimum atomic E-state index is -1.97. The van der Waals surface area contributed by atoms with Crippen LogP contribution >= 0.6 is 11.8 Å². The molecule has 0 bridgehead atoms. The summed E-state index contributed by atoms with van der Waals surface area (Å²) in [6.45, 7) is 0.306. The number of amidine groups is 1. The van der Waals surface area contributed by atoms with Crippen LogP contribution in [0.3, 0.4) is 0 Å². The van der Waals surface area contributed by atoms with Crippen molar-refractivity contribution in [3.05, 3.63) is 65.7 Å². The Labute approximate surface area is 148 Å². The summed E-state index contributed by atoms with van der Waals surface area (Å²) in [6, 6.07) is 16.4. The number of rotatable bonds is 3. The molecule has 0 fully saturated rings. The first-order valence-corrected chi connectivity index (χ1v) is 8.62. The second kappa shape index (κ2) is 5.72. The van der Waals surface area contributed by atoms with Crippen molar-refractivity contribution < 1.29 is 14.7 Å². The Kier molecular flexibility index (Phi) is 3.63. The molecule has 6 nitrogen and oxygen atoms in total. The maximum absolute atomic E-state index is 13.1. The summed E-state index contributed by atoms with van der Waals surface area (Å²) < 4.78 is 0. The number of nitrogens with zero attached hydrogens (tertiary/aromatic N) is 2. The van der Waals surface area contributed by atoms with E-state index in [1.807, 2.05) is 30.3 Å². The van der Waals surface area contributed by atoms with Crippen molar-refractivity contribution in [1.82, 2.24) is 0 Å². The molecule has 0 saturated heterocycles. The minimum Gasteiger partial charge on any atom is -0.378 e. The van der Waals surface area contributed by atoms with E-state index in [2.05, 4.69) is 4.99 Å². The quantitative estimate of drug-likeness (QED) is 0.869. The Balaban J connectivity index is 1.78. The van der Waals surface area contributed by atoms with E-state index in [4.69, 9.17) is 5.73 Å². The van der Waals surface area contributed by atoms with Gasteiger partial charge < -0.3 is 15.7 Å². The summed E-state index contributed by atoms with van der Waals surface area (Å²) in [4.78, 5) is 30.5. The molecule has 2 aromatic carbocycles. The molecule has 0 spiro atoms. The molecule has 4 rings (SSSR count). The van der Waals surface area contributed by atoms with Gasteiger partial charge in [0.15, 0.2) is 10.8 Å². The van der Waals surface area contributed by atoms with Crippen molar-refractivity contribution >= 4 is 34.4 Å². The molecule has 2 amide bonds. The van der Waals surface area contributed by atoms with E-state index in [1.165, 1.54) is 4.90 Å². The standard InChI is InChI=1S/C18H15N3O3S/c19-17-20-15(22)14(25-17)18(24)12-8-4-5-9-13(12)21(16(18)23)10-11-6-2-1-3-7-11/h1-9,14,24H,10H2,(H2,19,20,22). The Morgan fingerprint density at radius 3 is 2.48 bits per heavy atom. The molecule has 2 atom stereocenters. The van der Waals surface area contributed by atoms with Crippen LogP contribution in [0.4, 0.5) is 5.69 Å². The van der Waals surface area contributed by atoms with Crippen LogP contribution in [-0.4, -0.2) is 27.3 Å². The summed E-state index contributed by atoms with van der Waals surface area (Å²) in [6.07, 6.45) is 0. The monoisotopic (exact) mass is 353 g/mol. The molecular weight excluding hydrogens is 338 g/mol. The first-order valence-electron chi connectivity index (χ1n) is 7.74. The summed E-state index contributed by atoms with van der Waals surface area (Å²) >= 11 is 0.926. The second-order valence-corrected chi connectivity index (χ2v) is 7.07. The molecule has 7 heteroatoms. The van der Waals surface area contributed by atoms with Gasteiger partial charge in [0.2, 0.25) is 0 Å². The number of hydrogen-bond donors (Lipinski definition) is 2. The average Bonchev–Trinajstić information content (AvgIpc) is 3.07. The van der Waals surface area contributed by atoms with Gasteiger partial charge >= 0.3 is 0 Å². The maximum Gasteiger partial charge on any atom is 0.265 e. The number of para-hydroxylation sites is 1. The summed E-state index contributed by atoms with van der Waals surface area (Å²) in [5.74, 6) is -1.12. The van der Waals surface area contributed by atoms with Gasteiger partial charge in [0.25, 0.3) is 11.8 Å². The molecule has 2 aliphatic heterocycles. The van der Waals surface area contributed by atoms with Gasteiger partial charge in [-0.05, 0) is 11.6 Å². The molecule has 0 aliphatic carbocycles. The van der Waals surface area contributed by atoms with Crippen LogP contribution in [-0.2, 0) is 21.7 Å². The molecule has 2 unspecified atom stereocenters. The predicted octanol–water partition coefficient (Wildman–Crippen LogP) is 1.38. The van der Waals surface area contributed by atoms with Crippen molar-refractivity contribution in [2.24, 2.45) is 10.7 Å². The molecule has 0 radical (unpaired) electrons. The average molecular weight is 353 g/mol. The van der Waals surface area contributed by atoms with Crippen molar-refractivity contribution in [2.45, 2.75) is 17.4 Å². The van der Waals surface area contributed by atoms with Crippen molar-refractivity contribution in [3.8, 4) is 0 Å². The Hall–Kier alpha value is -2.64. The van der Waals surface area contributed by atoms with Crippen LogP contribution < -0.4 is 10.6 Å². The van der Waals surface area contributed by atoms with Crippen LogP contribution in [0.1, 0.15) is 11.1 Å². The molecule has 0 aromatic heterocycles. The van der Waals surface area contributed by atoms with Crippen LogP contribution in [0.25, 0.3) is 0 Å². The highest BCUT2D eigenvalue weighted by Gasteiger charge is 2.59. The molecule has 2 aliphatic rings. The third-order valence-electron chi connectivity index (χ3n) is 4.42. The van der Waals surface area contributed by atoms with E-state index < -0.39 is 22.7 Å². The van der Waals surface area contributed by atoms with Crippen LogP contribution in [0.2, 0.25) is 0 Å². The Morgan fingerprint density at radius 2 is 1.80 bits per heavy atom. The van der Waals surface area contributed by atoms with Crippen LogP contribution in [0.15, 0.2) is 59.6 Å². The predicted molar refractivity (Wildman–Crippen MR) is 96.0 cm³/mol. The van der Waals surface area contributed by atoms with Gasteiger partial charge in [0.05, 0.1) is 12.2 Å². The van der Waals surface area contributed by atoms with Gasteiger partial charge in [0, 0.05) is 5.56 Å². The van der Waals surface area contributed by atoms with E-state index in [9.17, 15) is 14.7 Å². The number of amides is 2. The lowest BCUT2D eigenvalue weighted by Gasteiger charge is -2.26. The Bertz CT molecular complexity index is 899. The van der Waals surface area contributed by atoms with Gasteiger partial charge in [-0.15, -0.1) is 0 Å². The second-order valence-electron chi connectivity index (χ2n) is 5.95. The lowest BCUT2D eigenvalue weighted by atomic mass is 9.91. The summed E-state index contributed by atoms with van der Waals surface area (Å²) in [5.41, 5.74) is 5.58. The van der Waals surface area contributed by atoms with Crippen molar-refractivity contribution in [3.63, 3.8) is 0 Å². The summed E-state index contributed by atoms with van der Waals surface area (Å²) in [5, 5.41) is 10.3. The number of carbonyl (C=O) groups is 2. The topological polar surface area (TPSA) is 96.0 Å². The molecular formula is C18H15N3O3S. The molecule has 126 valence electrons. The van der Waals surface area contributed by atoms with Gasteiger partial charge in [0.1, 0.15) is 5.25 Å². The SMILES string of the molecule is NC1=NC(=O)C(C2(O)C(=O)N(Cc3ccccc3)c3ccccc32)S1. The van der Waals surface area contributed by atoms with E-state index in [1.54, 1.807) is 24.3 Å². The highest BCUT2D eigenvalue weighted by atomic mass is 32.2. The van der Waals surface area contributed by atoms with Gasteiger partial charge in [-0.1, -0.05) is 60.3 Å².